The van der Waals surface area contributed by atoms with E-state index in [0.717, 1.165) is 42.9 Å². The van der Waals surface area contributed by atoms with Gasteiger partial charge >= 0.3 is 0 Å². The summed E-state index contributed by atoms with van der Waals surface area (Å²) in [5.41, 5.74) is 7.05. The van der Waals surface area contributed by atoms with Gasteiger partial charge in [-0.05, 0) is 41.9 Å². The van der Waals surface area contributed by atoms with Crippen molar-refractivity contribution in [2.45, 2.75) is 46.2 Å². The molecule has 0 saturated heterocycles. The molecule has 1 aromatic heterocycles. The first-order valence-electron chi connectivity index (χ1n) is 8.35. The lowest BCUT2D eigenvalue weighted by Gasteiger charge is -2.28. The highest BCUT2D eigenvalue weighted by Gasteiger charge is 2.31. The molecule has 0 spiro atoms. The molecule has 1 amide bonds. The lowest BCUT2D eigenvalue weighted by molar-refractivity contribution is 0.0705. The molecule has 0 saturated carbocycles. The van der Waals surface area contributed by atoms with E-state index in [0.29, 0.717) is 17.5 Å². The standard InChI is InChI=1S/C18H22N4O2/c1-18(2)7-6-14-15(8-18)20-17(19-14)22-9-11-4-3-5-12(13(11)10-22)16(23)21-24/h3-5,24H,6-10H2,1-2H3,(H,19,20)(H,21,23). The fourth-order valence-electron chi connectivity index (χ4n) is 3.80. The summed E-state index contributed by atoms with van der Waals surface area (Å²) in [6, 6.07) is 5.61. The van der Waals surface area contributed by atoms with E-state index in [1.165, 1.54) is 11.4 Å². The fourth-order valence-corrected chi connectivity index (χ4v) is 3.80. The second-order valence-electron chi connectivity index (χ2n) is 7.57. The predicted octanol–water partition coefficient (Wildman–Crippen LogP) is 2.56. The molecule has 0 radical (unpaired) electrons. The predicted molar refractivity (Wildman–Crippen MR) is 90.0 cm³/mol. The van der Waals surface area contributed by atoms with Crippen LogP contribution in [0.15, 0.2) is 18.2 Å². The van der Waals surface area contributed by atoms with Gasteiger partial charge in [-0.15, -0.1) is 0 Å². The maximum Gasteiger partial charge on any atom is 0.274 e. The number of hydrogen-bond donors (Lipinski definition) is 3. The van der Waals surface area contributed by atoms with Crippen LogP contribution in [0, 0.1) is 5.41 Å². The number of hydrogen-bond acceptors (Lipinski definition) is 4. The minimum absolute atomic E-state index is 0.317. The molecule has 4 rings (SSSR count). The number of carbonyl (C=O) groups is 1. The summed E-state index contributed by atoms with van der Waals surface area (Å²) in [6.07, 6.45) is 3.19. The van der Waals surface area contributed by atoms with Crippen molar-refractivity contribution in [1.29, 1.82) is 0 Å². The number of fused-ring (bicyclic) bond motifs is 2. The molecule has 6 nitrogen and oxygen atoms in total. The van der Waals surface area contributed by atoms with Crippen LogP contribution in [0.4, 0.5) is 5.95 Å². The van der Waals surface area contributed by atoms with Gasteiger partial charge in [-0.2, -0.15) is 0 Å². The van der Waals surface area contributed by atoms with Crippen LogP contribution in [0.25, 0.3) is 0 Å². The third-order valence-corrected chi connectivity index (χ3v) is 5.17. The quantitative estimate of drug-likeness (QED) is 0.585. The smallest absolute Gasteiger partial charge is 0.274 e. The van der Waals surface area contributed by atoms with E-state index in [9.17, 15) is 4.79 Å². The molecule has 6 heteroatoms. The lowest BCUT2D eigenvalue weighted by Crippen LogP contribution is -2.22. The second-order valence-corrected chi connectivity index (χ2v) is 7.57. The van der Waals surface area contributed by atoms with E-state index in [2.05, 4.69) is 23.7 Å². The highest BCUT2D eigenvalue weighted by molar-refractivity contribution is 5.95. The number of aromatic nitrogens is 2. The molecule has 0 bridgehead atoms. The van der Waals surface area contributed by atoms with Gasteiger partial charge in [-0.3, -0.25) is 10.0 Å². The van der Waals surface area contributed by atoms with Crippen LogP contribution in [0.5, 0.6) is 0 Å². The highest BCUT2D eigenvalue weighted by Crippen LogP contribution is 2.36. The van der Waals surface area contributed by atoms with Crippen molar-refractivity contribution in [3.8, 4) is 0 Å². The topological polar surface area (TPSA) is 81.2 Å². The fraction of sp³-hybridized carbons (Fsp3) is 0.444. The third-order valence-electron chi connectivity index (χ3n) is 5.17. The zero-order valence-corrected chi connectivity index (χ0v) is 14.0. The normalized spacial score (nSPS) is 18.2. The molecular formula is C18H22N4O2. The number of amides is 1. The Morgan fingerprint density at radius 2 is 2.21 bits per heavy atom. The maximum atomic E-state index is 11.8. The molecule has 0 fully saturated rings. The van der Waals surface area contributed by atoms with Crippen molar-refractivity contribution in [2.75, 3.05) is 4.90 Å². The summed E-state index contributed by atoms with van der Waals surface area (Å²) in [5, 5.41) is 8.93. The summed E-state index contributed by atoms with van der Waals surface area (Å²) in [4.78, 5) is 22.3. The number of H-pyrrole nitrogens is 1. The number of aryl methyl sites for hydroxylation is 1. The average molecular weight is 326 g/mol. The average Bonchev–Trinajstić information content (AvgIpc) is 3.15. The summed E-state index contributed by atoms with van der Waals surface area (Å²) in [7, 11) is 0. The first kappa shape index (κ1) is 15.2. The van der Waals surface area contributed by atoms with E-state index in [1.807, 2.05) is 12.1 Å². The Bertz CT molecular complexity index is 809. The van der Waals surface area contributed by atoms with Gasteiger partial charge in [0.15, 0.2) is 0 Å². The monoisotopic (exact) mass is 326 g/mol. The van der Waals surface area contributed by atoms with Gasteiger partial charge in [0.25, 0.3) is 5.91 Å². The summed E-state index contributed by atoms with van der Waals surface area (Å²) < 4.78 is 0. The van der Waals surface area contributed by atoms with Gasteiger partial charge in [-0.1, -0.05) is 26.0 Å². The second kappa shape index (κ2) is 5.34. The van der Waals surface area contributed by atoms with Crippen molar-refractivity contribution in [3.63, 3.8) is 0 Å². The zero-order chi connectivity index (χ0) is 16.9. The molecule has 0 unspecified atom stereocenters. The Balaban J connectivity index is 1.62. The number of imidazole rings is 1. The van der Waals surface area contributed by atoms with E-state index < -0.39 is 5.91 Å². The number of nitrogens with zero attached hydrogens (tertiary/aromatic N) is 2. The van der Waals surface area contributed by atoms with Crippen molar-refractivity contribution in [1.82, 2.24) is 15.4 Å². The van der Waals surface area contributed by atoms with Crippen LogP contribution in [0.1, 0.15) is 53.1 Å². The van der Waals surface area contributed by atoms with Crippen LogP contribution < -0.4 is 10.4 Å². The molecular weight excluding hydrogens is 304 g/mol. The van der Waals surface area contributed by atoms with Gasteiger partial charge in [0.05, 0.1) is 5.69 Å². The van der Waals surface area contributed by atoms with Crippen molar-refractivity contribution < 1.29 is 10.0 Å². The molecule has 2 aromatic rings. The third kappa shape index (κ3) is 2.47. The molecule has 1 aliphatic carbocycles. The molecule has 1 aliphatic heterocycles. The minimum atomic E-state index is -0.464. The largest absolute Gasteiger partial charge is 0.334 e. The Morgan fingerprint density at radius 3 is 3.00 bits per heavy atom. The van der Waals surface area contributed by atoms with Crippen LogP contribution >= 0.6 is 0 Å². The maximum absolute atomic E-state index is 11.8. The molecule has 1 aromatic carbocycles. The lowest BCUT2D eigenvalue weighted by atomic mass is 9.78. The summed E-state index contributed by atoms with van der Waals surface area (Å²) in [6.45, 7) is 5.93. The van der Waals surface area contributed by atoms with Crippen molar-refractivity contribution in [3.05, 3.63) is 46.3 Å². The van der Waals surface area contributed by atoms with Crippen LogP contribution in [-0.4, -0.2) is 21.1 Å². The number of nitrogens with one attached hydrogen (secondary N) is 2. The summed E-state index contributed by atoms with van der Waals surface area (Å²) in [5.74, 6) is 0.415. The van der Waals surface area contributed by atoms with Crippen LogP contribution in [-0.2, 0) is 25.9 Å². The Labute approximate surface area is 140 Å². The van der Waals surface area contributed by atoms with E-state index in [4.69, 9.17) is 10.2 Å². The SMILES string of the molecule is CC1(C)CCc2nc(N3Cc4cccc(C(=O)NO)c4C3)[nH]c2C1. The molecule has 0 atom stereocenters. The number of rotatable bonds is 2. The van der Waals surface area contributed by atoms with E-state index in [1.54, 1.807) is 11.5 Å². The van der Waals surface area contributed by atoms with Crippen molar-refractivity contribution >= 4 is 11.9 Å². The minimum Gasteiger partial charge on any atom is -0.334 e. The number of hydroxylamine groups is 1. The van der Waals surface area contributed by atoms with Gasteiger partial charge in [0.1, 0.15) is 0 Å². The molecule has 2 aliphatic rings. The number of aromatic amines is 1. The Morgan fingerprint density at radius 1 is 1.38 bits per heavy atom. The number of benzene rings is 1. The number of carbonyl (C=O) groups excluding carboxylic acids is 1. The molecule has 3 N–H and O–H groups in total. The zero-order valence-electron chi connectivity index (χ0n) is 14.0. The Hall–Kier alpha value is -2.34. The van der Waals surface area contributed by atoms with Crippen molar-refractivity contribution in [2.24, 2.45) is 5.41 Å². The highest BCUT2D eigenvalue weighted by atomic mass is 16.5. The molecule has 126 valence electrons. The van der Waals surface area contributed by atoms with Gasteiger partial charge < -0.3 is 9.88 Å². The van der Waals surface area contributed by atoms with Crippen LogP contribution in [0.2, 0.25) is 0 Å². The van der Waals surface area contributed by atoms with Gasteiger partial charge in [0, 0.05) is 24.3 Å². The molecule has 24 heavy (non-hydrogen) atoms. The molecule has 2 heterocycles. The van der Waals surface area contributed by atoms with Gasteiger partial charge in [-0.25, -0.2) is 10.5 Å². The number of anilines is 1. The van der Waals surface area contributed by atoms with E-state index in [-0.39, 0.29) is 0 Å². The van der Waals surface area contributed by atoms with Gasteiger partial charge in [0.2, 0.25) is 5.95 Å². The van der Waals surface area contributed by atoms with Crippen LogP contribution in [0.3, 0.4) is 0 Å². The first-order valence-corrected chi connectivity index (χ1v) is 8.35. The summed E-state index contributed by atoms with van der Waals surface area (Å²) >= 11 is 0. The first-order chi connectivity index (χ1) is 11.5. The Kier molecular flexibility index (Phi) is 3.38. The van der Waals surface area contributed by atoms with E-state index >= 15 is 0 Å².